The maximum atomic E-state index is 12.4. The second-order valence-corrected chi connectivity index (χ2v) is 5.62. The summed E-state index contributed by atoms with van der Waals surface area (Å²) in [4.78, 5) is 18.4. The predicted molar refractivity (Wildman–Crippen MR) is 79.1 cm³/mol. The maximum Gasteiger partial charge on any atom is 0.259 e. The molecule has 1 amide bonds. The molecule has 1 atom stereocenters. The highest BCUT2D eigenvalue weighted by molar-refractivity contribution is 5.94. The van der Waals surface area contributed by atoms with E-state index in [1.807, 2.05) is 18.2 Å². The fraction of sp³-hybridized carbons (Fsp3) is 0.438. The number of carbonyl (C=O) groups excluding carboxylic acids is 1. The van der Waals surface area contributed by atoms with Gasteiger partial charge in [-0.15, -0.1) is 0 Å². The van der Waals surface area contributed by atoms with Crippen LogP contribution in [-0.2, 0) is 0 Å². The summed E-state index contributed by atoms with van der Waals surface area (Å²) in [5.41, 5.74) is 1.21. The minimum atomic E-state index is -0.573. The number of hydrogen-bond acceptors (Lipinski definition) is 5. The van der Waals surface area contributed by atoms with Crippen LogP contribution in [0, 0.1) is 12.8 Å². The van der Waals surface area contributed by atoms with E-state index in [-0.39, 0.29) is 11.8 Å². The van der Waals surface area contributed by atoms with Crippen molar-refractivity contribution in [3.8, 4) is 0 Å². The van der Waals surface area contributed by atoms with Crippen molar-refractivity contribution in [1.29, 1.82) is 0 Å². The van der Waals surface area contributed by atoms with E-state index in [0.29, 0.717) is 30.1 Å². The third-order valence-corrected chi connectivity index (χ3v) is 4.25. The van der Waals surface area contributed by atoms with Gasteiger partial charge in [-0.3, -0.25) is 9.78 Å². The first-order chi connectivity index (χ1) is 10.7. The van der Waals surface area contributed by atoms with Gasteiger partial charge in [0.15, 0.2) is 0 Å². The number of aliphatic hydroxyl groups is 1. The molecule has 0 spiro atoms. The number of pyridine rings is 1. The van der Waals surface area contributed by atoms with Crippen LogP contribution in [0.3, 0.4) is 0 Å². The number of nitrogens with zero attached hydrogens (tertiary/aromatic N) is 3. The molecule has 0 aliphatic carbocycles. The molecule has 1 saturated heterocycles. The fourth-order valence-corrected chi connectivity index (χ4v) is 2.89. The molecular formula is C16H19N3O3. The van der Waals surface area contributed by atoms with E-state index in [2.05, 4.69) is 10.1 Å². The average molecular weight is 301 g/mol. The lowest BCUT2D eigenvalue weighted by atomic mass is 9.89. The van der Waals surface area contributed by atoms with Crippen LogP contribution in [0.1, 0.15) is 40.8 Å². The van der Waals surface area contributed by atoms with E-state index in [0.717, 1.165) is 12.8 Å². The lowest BCUT2D eigenvalue weighted by Gasteiger charge is -2.33. The summed E-state index contributed by atoms with van der Waals surface area (Å²) in [7, 11) is 0. The Bertz CT molecular complexity index is 633. The van der Waals surface area contributed by atoms with E-state index in [1.54, 1.807) is 18.0 Å². The number of aromatic nitrogens is 2. The molecule has 3 rings (SSSR count). The number of carbonyl (C=O) groups is 1. The molecule has 6 heteroatoms. The molecule has 0 aromatic carbocycles. The van der Waals surface area contributed by atoms with Gasteiger partial charge in [0.1, 0.15) is 11.3 Å². The number of rotatable bonds is 3. The molecule has 1 aliphatic heterocycles. The zero-order valence-corrected chi connectivity index (χ0v) is 12.5. The molecule has 1 aliphatic rings. The molecule has 0 radical (unpaired) electrons. The number of likely N-dealkylation sites (tertiary alicyclic amines) is 1. The maximum absolute atomic E-state index is 12.4. The molecule has 2 aromatic heterocycles. The predicted octanol–water partition coefficient (Wildman–Crippen LogP) is 1.96. The molecule has 22 heavy (non-hydrogen) atoms. The highest BCUT2D eigenvalue weighted by Crippen LogP contribution is 2.30. The summed E-state index contributed by atoms with van der Waals surface area (Å²) < 4.78 is 4.95. The van der Waals surface area contributed by atoms with E-state index in [9.17, 15) is 9.90 Å². The molecule has 1 N–H and O–H groups in total. The van der Waals surface area contributed by atoms with Gasteiger partial charge in [0, 0.05) is 19.3 Å². The number of amides is 1. The van der Waals surface area contributed by atoms with Crippen LogP contribution < -0.4 is 0 Å². The monoisotopic (exact) mass is 301 g/mol. The van der Waals surface area contributed by atoms with Gasteiger partial charge in [-0.05, 0) is 37.8 Å². The summed E-state index contributed by atoms with van der Waals surface area (Å²) >= 11 is 0. The van der Waals surface area contributed by atoms with Gasteiger partial charge < -0.3 is 14.5 Å². The molecule has 2 aromatic rings. The Morgan fingerprint density at radius 3 is 2.77 bits per heavy atom. The van der Waals surface area contributed by atoms with Crippen LogP contribution in [-0.4, -0.2) is 39.1 Å². The first-order valence-electron chi connectivity index (χ1n) is 7.46. The molecule has 116 valence electrons. The van der Waals surface area contributed by atoms with Gasteiger partial charge in [0.05, 0.1) is 18.0 Å². The van der Waals surface area contributed by atoms with Crippen molar-refractivity contribution in [3.05, 3.63) is 47.6 Å². The average Bonchev–Trinajstić information content (AvgIpc) is 3.00. The Hall–Kier alpha value is -2.21. The summed E-state index contributed by atoms with van der Waals surface area (Å²) in [6.07, 6.45) is 4.09. The third kappa shape index (κ3) is 2.87. The highest BCUT2D eigenvalue weighted by atomic mass is 16.5. The first kappa shape index (κ1) is 14.7. The molecule has 0 bridgehead atoms. The van der Waals surface area contributed by atoms with Crippen molar-refractivity contribution in [3.63, 3.8) is 0 Å². The van der Waals surface area contributed by atoms with Crippen molar-refractivity contribution in [2.24, 2.45) is 5.92 Å². The number of aryl methyl sites for hydroxylation is 1. The quantitative estimate of drug-likeness (QED) is 0.937. The van der Waals surface area contributed by atoms with Crippen molar-refractivity contribution < 1.29 is 14.4 Å². The number of piperidine rings is 1. The highest BCUT2D eigenvalue weighted by Gasteiger charge is 2.30. The van der Waals surface area contributed by atoms with Gasteiger partial charge in [0.25, 0.3) is 5.91 Å². The van der Waals surface area contributed by atoms with Crippen LogP contribution in [0.15, 0.2) is 35.1 Å². The number of hydrogen-bond donors (Lipinski definition) is 1. The minimum Gasteiger partial charge on any atom is -0.387 e. The Kier molecular flexibility index (Phi) is 4.20. The van der Waals surface area contributed by atoms with Crippen molar-refractivity contribution in [1.82, 2.24) is 15.0 Å². The van der Waals surface area contributed by atoms with Crippen LogP contribution >= 0.6 is 0 Å². The zero-order chi connectivity index (χ0) is 15.5. The van der Waals surface area contributed by atoms with Crippen molar-refractivity contribution in [2.75, 3.05) is 13.1 Å². The van der Waals surface area contributed by atoms with E-state index >= 15 is 0 Å². The van der Waals surface area contributed by atoms with Gasteiger partial charge in [0.2, 0.25) is 0 Å². The molecule has 1 fully saturated rings. The normalized spacial score (nSPS) is 17.5. The summed E-state index contributed by atoms with van der Waals surface area (Å²) in [6, 6.07) is 5.54. The molecule has 6 nitrogen and oxygen atoms in total. The Balaban J connectivity index is 1.61. The van der Waals surface area contributed by atoms with E-state index in [1.165, 1.54) is 6.20 Å². The lowest BCUT2D eigenvalue weighted by Crippen LogP contribution is -2.40. The molecule has 0 saturated carbocycles. The SMILES string of the molecule is Cc1oncc1C(=O)N1CCC([C@@H](O)c2ccccn2)CC1. The fourth-order valence-electron chi connectivity index (χ4n) is 2.89. The van der Waals surface area contributed by atoms with Gasteiger partial charge in [-0.25, -0.2) is 0 Å². The van der Waals surface area contributed by atoms with Gasteiger partial charge in [-0.1, -0.05) is 11.2 Å². The minimum absolute atomic E-state index is 0.0514. The third-order valence-electron chi connectivity index (χ3n) is 4.25. The van der Waals surface area contributed by atoms with E-state index < -0.39 is 6.10 Å². The topological polar surface area (TPSA) is 79.5 Å². The first-order valence-corrected chi connectivity index (χ1v) is 7.46. The summed E-state index contributed by atoms with van der Waals surface area (Å²) in [6.45, 7) is 2.98. The zero-order valence-electron chi connectivity index (χ0n) is 12.5. The lowest BCUT2D eigenvalue weighted by molar-refractivity contribution is 0.0446. The van der Waals surface area contributed by atoms with Crippen LogP contribution in [0.2, 0.25) is 0 Å². The molecule has 3 heterocycles. The molecular weight excluding hydrogens is 282 g/mol. The van der Waals surface area contributed by atoms with Crippen LogP contribution in [0.4, 0.5) is 0 Å². The van der Waals surface area contributed by atoms with Gasteiger partial charge in [-0.2, -0.15) is 0 Å². The van der Waals surface area contributed by atoms with Crippen LogP contribution in [0.25, 0.3) is 0 Å². The Morgan fingerprint density at radius 1 is 1.41 bits per heavy atom. The van der Waals surface area contributed by atoms with E-state index in [4.69, 9.17) is 4.52 Å². The van der Waals surface area contributed by atoms with Crippen LogP contribution in [0.5, 0.6) is 0 Å². The molecule has 0 unspecified atom stereocenters. The van der Waals surface area contributed by atoms with Crippen molar-refractivity contribution in [2.45, 2.75) is 25.9 Å². The Morgan fingerprint density at radius 2 is 2.18 bits per heavy atom. The summed E-state index contributed by atoms with van der Waals surface area (Å²) in [5, 5.41) is 14.1. The van der Waals surface area contributed by atoms with Crippen molar-refractivity contribution >= 4 is 5.91 Å². The van der Waals surface area contributed by atoms with Gasteiger partial charge >= 0.3 is 0 Å². The Labute approximate surface area is 128 Å². The summed E-state index contributed by atoms with van der Waals surface area (Å²) in [5.74, 6) is 0.618. The second kappa shape index (κ2) is 6.27. The number of aliphatic hydroxyl groups excluding tert-OH is 1. The second-order valence-electron chi connectivity index (χ2n) is 5.62. The smallest absolute Gasteiger partial charge is 0.259 e. The standard InChI is InChI=1S/C16H19N3O3/c1-11-13(10-18-22-11)16(21)19-8-5-12(6-9-19)15(20)14-4-2-3-7-17-14/h2-4,7,10,12,15,20H,5-6,8-9H2,1H3/t15-/m1/s1. The largest absolute Gasteiger partial charge is 0.387 e.